The minimum Gasteiger partial charge on any atom is -0.493 e. The molecule has 3 saturated heterocycles. The van der Waals surface area contributed by atoms with Gasteiger partial charge in [0, 0.05) is 50.2 Å². The van der Waals surface area contributed by atoms with Gasteiger partial charge in [-0.3, -0.25) is 19.3 Å². The Kier molecular flexibility index (Phi) is 12.6. The molecule has 0 aromatic heterocycles. The van der Waals surface area contributed by atoms with Crippen molar-refractivity contribution in [1.82, 2.24) is 19.6 Å². The second-order valence-electron chi connectivity index (χ2n) is 14.7. The lowest BCUT2D eigenvalue weighted by Crippen LogP contribution is -2.58. The summed E-state index contributed by atoms with van der Waals surface area (Å²) < 4.78 is 50.5. The number of nitrogens with zero attached hydrogens (tertiary/aromatic N) is 4. The summed E-state index contributed by atoms with van der Waals surface area (Å²) in [7, 11) is 4.48. The predicted octanol–water partition coefficient (Wildman–Crippen LogP) is 4.91. The number of benzene rings is 3. The van der Waals surface area contributed by atoms with Crippen LogP contribution in [0, 0.1) is 11.6 Å². The van der Waals surface area contributed by atoms with Gasteiger partial charge in [-0.25, -0.2) is 8.78 Å². The zero-order valence-electron chi connectivity index (χ0n) is 32.3. The molecule has 1 unspecified atom stereocenters. The second-order valence-corrected chi connectivity index (χ2v) is 14.7. The summed E-state index contributed by atoms with van der Waals surface area (Å²) in [4.78, 5) is 48.6. The first-order chi connectivity index (χ1) is 26.6. The van der Waals surface area contributed by atoms with Crippen LogP contribution in [-0.4, -0.2) is 131 Å². The molecule has 0 bridgehead atoms. The summed E-state index contributed by atoms with van der Waals surface area (Å²) in [5, 5.41) is 0. The molecule has 3 aromatic carbocycles. The lowest BCUT2D eigenvalue weighted by Gasteiger charge is -2.46. The maximum atomic E-state index is 14.8. The van der Waals surface area contributed by atoms with Gasteiger partial charge >= 0.3 is 5.97 Å². The standard InChI is InChI=1S/C42H52F2N4O7/c1-5-55-37(49)28-46-21-23-47(24-22-46)40(51)42(31-9-7-6-8-10-31)15-18-45(19-16-42)17-13-41(32-11-12-33(43)34(44)27-32)14-20-48(29-41)39(50)30-25-35(52-2)38(54-4)36(26-30)53-3/h6-12,25-27H,5,13-24,28-29H2,1-4H3. The Morgan fingerprint density at radius 2 is 1.38 bits per heavy atom. The molecule has 0 saturated carbocycles. The van der Waals surface area contributed by atoms with Gasteiger partial charge in [0.1, 0.15) is 0 Å². The smallest absolute Gasteiger partial charge is 0.320 e. The van der Waals surface area contributed by atoms with Crippen molar-refractivity contribution in [2.45, 2.75) is 43.4 Å². The van der Waals surface area contributed by atoms with Crippen LogP contribution >= 0.6 is 0 Å². The van der Waals surface area contributed by atoms with Gasteiger partial charge in [-0.1, -0.05) is 36.4 Å². The highest BCUT2D eigenvalue weighted by Gasteiger charge is 2.47. The summed E-state index contributed by atoms with van der Waals surface area (Å²) in [6.45, 7) is 7.37. The number of likely N-dealkylation sites (tertiary alicyclic amines) is 2. The molecule has 13 heteroatoms. The number of carbonyl (C=O) groups is 3. The number of carbonyl (C=O) groups excluding carboxylic acids is 3. The van der Waals surface area contributed by atoms with E-state index in [1.54, 1.807) is 30.0 Å². The van der Waals surface area contributed by atoms with Crippen molar-refractivity contribution < 1.29 is 42.1 Å². The predicted molar refractivity (Wildman–Crippen MR) is 203 cm³/mol. The molecule has 11 nitrogen and oxygen atoms in total. The first-order valence-electron chi connectivity index (χ1n) is 19.1. The summed E-state index contributed by atoms with van der Waals surface area (Å²) in [5.74, 6) is -1.09. The molecule has 3 aliphatic rings. The number of piperazine rings is 1. The fraction of sp³-hybridized carbons (Fsp3) is 0.500. The largest absolute Gasteiger partial charge is 0.493 e. The Bertz CT molecular complexity index is 1800. The molecule has 296 valence electrons. The number of amides is 2. The third-order valence-electron chi connectivity index (χ3n) is 11.8. The summed E-state index contributed by atoms with van der Waals surface area (Å²) in [5.41, 5.74) is 0.713. The van der Waals surface area contributed by atoms with Crippen molar-refractivity contribution in [3.8, 4) is 17.2 Å². The number of halogens is 2. The van der Waals surface area contributed by atoms with Crippen LogP contribution in [0.1, 0.15) is 54.1 Å². The molecular formula is C42H52F2N4O7. The van der Waals surface area contributed by atoms with Crippen LogP contribution in [0.3, 0.4) is 0 Å². The van der Waals surface area contributed by atoms with Crippen LogP contribution in [0.2, 0.25) is 0 Å². The average molecular weight is 763 g/mol. The molecule has 0 spiro atoms. The van der Waals surface area contributed by atoms with E-state index in [0.717, 1.165) is 11.6 Å². The number of rotatable bonds is 13. The molecular weight excluding hydrogens is 710 g/mol. The monoisotopic (exact) mass is 762 g/mol. The molecule has 1 atom stereocenters. The maximum Gasteiger partial charge on any atom is 0.320 e. The lowest BCUT2D eigenvalue weighted by molar-refractivity contribution is -0.146. The van der Waals surface area contributed by atoms with E-state index in [-0.39, 0.29) is 24.3 Å². The van der Waals surface area contributed by atoms with Gasteiger partial charge in [-0.15, -0.1) is 0 Å². The first-order valence-corrected chi connectivity index (χ1v) is 19.1. The van der Waals surface area contributed by atoms with E-state index in [0.29, 0.717) is 120 Å². The highest BCUT2D eigenvalue weighted by atomic mass is 19.2. The van der Waals surface area contributed by atoms with E-state index in [1.165, 1.54) is 27.4 Å². The highest BCUT2D eigenvalue weighted by molar-refractivity contribution is 5.96. The average Bonchev–Trinajstić information content (AvgIpc) is 3.66. The fourth-order valence-corrected chi connectivity index (χ4v) is 8.56. The minimum absolute atomic E-state index is 0.115. The van der Waals surface area contributed by atoms with E-state index in [4.69, 9.17) is 18.9 Å². The quantitative estimate of drug-likeness (QED) is 0.225. The molecule has 3 aromatic rings. The molecule has 0 radical (unpaired) electrons. The van der Waals surface area contributed by atoms with Crippen molar-refractivity contribution >= 4 is 17.8 Å². The molecule has 3 aliphatic heterocycles. The van der Waals surface area contributed by atoms with Gasteiger partial charge in [-0.05, 0) is 87.6 Å². The van der Waals surface area contributed by atoms with Crippen molar-refractivity contribution in [1.29, 1.82) is 0 Å². The van der Waals surface area contributed by atoms with Gasteiger partial charge in [0.15, 0.2) is 23.1 Å². The molecule has 3 heterocycles. The lowest BCUT2D eigenvalue weighted by atomic mass is 9.71. The van der Waals surface area contributed by atoms with Crippen LogP contribution in [-0.2, 0) is 25.2 Å². The van der Waals surface area contributed by atoms with E-state index in [9.17, 15) is 23.2 Å². The van der Waals surface area contributed by atoms with Crippen LogP contribution in [0.25, 0.3) is 0 Å². The Labute approximate surface area is 322 Å². The zero-order chi connectivity index (χ0) is 39.2. The van der Waals surface area contributed by atoms with Crippen LogP contribution in [0.15, 0.2) is 60.7 Å². The molecule has 0 aliphatic carbocycles. The van der Waals surface area contributed by atoms with Gasteiger partial charge in [0.05, 0.1) is 39.9 Å². The number of hydrogen-bond acceptors (Lipinski definition) is 9. The number of methoxy groups -OCH3 is 3. The normalized spacial score (nSPS) is 20.3. The molecule has 2 amide bonds. The number of esters is 1. The van der Waals surface area contributed by atoms with Crippen LogP contribution in [0.4, 0.5) is 8.78 Å². The summed E-state index contributed by atoms with van der Waals surface area (Å²) >= 11 is 0. The van der Waals surface area contributed by atoms with Crippen molar-refractivity contribution in [3.05, 3.63) is 89.0 Å². The van der Waals surface area contributed by atoms with Gasteiger partial charge in [-0.2, -0.15) is 0 Å². The Morgan fingerprint density at radius 3 is 1.98 bits per heavy atom. The minimum atomic E-state index is -0.919. The molecule has 0 N–H and O–H groups in total. The SMILES string of the molecule is CCOC(=O)CN1CCN(C(=O)C2(c3ccccc3)CCN(CCC3(c4ccc(F)c(F)c4)CCN(C(=O)c4cc(OC)c(OC)c(OC)c4)C3)CC2)CC1. The number of hydrogen-bond donors (Lipinski definition) is 0. The highest BCUT2D eigenvalue weighted by Crippen LogP contribution is 2.43. The van der Waals surface area contributed by atoms with E-state index in [2.05, 4.69) is 4.90 Å². The van der Waals surface area contributed by atoms with E-state index < -0.39 is 22.5 Å². The van der Waals surface area contributed by atoms with Gasteiger partial charge in [0.25, 0.3) is 5.91 Å². The first kappa shape index (κ1) is 39.9. The van der Waals surface area contributed by atoms with Crippen molar-refractivity contribution in [2.24, 2.45) is 0 Å². The van der Waals surface area contributed by atoms with Crippen molar-refractivity contribution in [3.63, 3.8) is 0 Å². The summed E-state index contributed by atoms with van der Waals surface area (Å²) in [6, 6.07) is 17.3. The van der Waals surface area contributed by atoms with E-state index in [1.807, 2.05) is 40.1 Å². The van der Waals surface area contributed by atoms with Crippen molar-refractivity contribution in [2.75, 3.05) is 93.4 Å². The number of ether oxygens (including phenoxy) is 4. The maximum absolute atomic E-state index is 14.8. The topological polar surface area (TPSA) is 101 Å². The Hall–Kier alpha value is -4.75. The Morgan fingerprint density at radius 1 is 0.709 bits per heavy atom. The fourth-order valence-electron chi connectivity index (χ4n) is 8.56. The second kappa shape index (κ2) is 17.4. The van der Waals surface area contributed by atoms with Crippen LogP contribution in [0.5, 0.6) is 17.2 Å². The third kappa shape index (κ3) is 8.42. The van der Waals surface area contributed by atoms with Gasteiger partial charge < -0.3 is 33.6 Å². The zero-order valence-corrected chi connectivity index (χ0v) is 32.3. The molecule has 55 heavy (non-hydrogen) atoms. The summed E-state index contributed by atoms with van der Waals surface area (Å²) in [6.07, 6.45) is 2.42. The van der Waals surface area contributed by atoms with Gasteiger partial charge in [0.2, 0.25) is 11.7 Å². The Balaban J connectivity index is 1.17. The van der Waals surface area contributed by atoms with Crippen LogP contribution < -0.4 is 14.2 Å². The number of piperidine rings is 1. The third-order valence-corrected chi connectivity index (χ3v) is 11.8. The molecule has 6 rings (SSSR count). The van der Waals surface area contributed by atoms with E-state index >= 15 is 0 Å². The molecule has 3 fully saturated rings.